The molecule has 0 saturated carbocycles. The molecule has 0 aliphatic rings. The molecule has 7 heteroatoms. The highest BCUT2D eigenvalue weighted by molar-refractivity contribution is 6.28. The number of methoxy groups -OCH3 is 1. The van der Waals surface area contributed by atoms with E-state index >= 15 is 0 Å². The smallest absolute Gasteiger partial charge is 0.233 e. The maximum atomic E-state index is 5.99. The zero-order valence-corrected chi connectivity index (χ0v) is 14.0. The maximum absolute atomic E-state index is 5.99. The number of hydrogen-bond donors (Lipinski definition) is 2. The minimum absolute atomic E-state index is 0.107. The second-order valence-electron chi connectivity index (χ2n) is 5.10. The van der Waals surface area contributed by atoms with Crippen LogP contribution in [0.3, 0.4) is 0 Å². The molecule has 0 unspecified atom stereocenters. The molecule has 0 spiro atoms. The molecule has 6 nitrogen and oxygen atoms in total. The van der Waals surface area contributed by atoms with Crippen LogP contribution in [0, 0.1) is 6.92 Å². The van der Waals surface area contributed by atoms with Gasteiger partial charge in [-0.15, -0.1) is 0 Å². The highest BCUT2D eigenvalue weighted by Gasteiger charge is 2.06. The largest absolute Gasteiger partial charge is 0.497 e. The van der Waals surface area contributed by atoms with Crippen molar-refractivity contribution in [3.63, 3.8) is 0 Å². The summed E-state index contributed by atoms with van der Waals surface area (Å²) in [5.41, 5.74) is 2.87. The predicted molar refractivity (Wildman–Crippen MR) is 95.6 cm³/mol. The number of nitrogens with zero attached hydrogens (tertiary/aromatic N) is 3. The average Bonchev–Trinajstić information content (AvgIpc) is 2.57. The Morgan fingerprint density at radius 1 is 0.792 bits per heavy atom. The summed E-state index contributed by atoms with van der Waals surface area (Å²) in [6, 6.07) is 15.3. The fourth-order valence-corrected chi connectivity index (χ4v) is 2.19. The van der Waals surface area contributed by atoms with Gasteiger partial charge in [-0.05, 0) is 54.9 Å². The van der Waals surface area contributed by atoms with Gasteiger partial charge >= 0.3 is 0 Å². The van der Waals surface area contributed by atoms with Gasteiger partial charge in [0.25, 0.3) is 0 Å². The Balaban J connectivity index is 1.78. The van der Waals surface area contributed by atoms with Crippen LogP contribution in [0.25, 0.3) is 0 Å². The zero-order chi connectivity index (χ0) is 16.9. The Hall–Kier alpha value is -2.86. The third-order valence-corrected chi connectivity index (χ3v) is 3.43. The minimum Gasteiger partial charge on any atom is -0.497 e. The first-order valence-electron chi connectivity index (χ1n) is 7.29. The van der Waals surface area contributed by atoms with Crippen molar-refractivity contribution in [2.75, 3.05) is 17.7 Å². The Kier molecular flexibility index (Phi) is 4.77. The lowest BCUT2D eigenvalue weighted by Crippen LogP contribution is -2.04. The van der Waals surface area contributed by atoms with Crippen LogP contribution in [0.4, 0.5) is 23.3 Å². The van der Waals surface area contributed by atoms with Gasteiger partial charge in [0.1, 0.15) is 5.75 Å². The molecule has 0 bridgehead atoms. The summed E-state index contributed by atoms with van der Waals surface area (Å²) in [7, 11) is 1.62. The molecule has 24 heavy (non-hydrogen) atoms. The first-order chi connectivity index (χ1) is 11.6. The van der Waals surface area contributed by atoms with Crippen molar-refractivity contribution < 1.29 is 4.74 Å². The number of anilines is 4. The van der Waals surface area contributed by atoms with Gasteiger partial charge < -0.3 is 15.4 Å². The van der Waals surface area contributed by atoms with Crippen molar-refractivity contribution in [3.8, 4) is 5.75 Å². The van der Waals surface area contributed by atoms with E-state index in [0.717, 1.165) is 17.1 Å². The van der Waals surface area contributed by atoms with Crippen LogP contribution in [0.1, 0.15) is 5.56 Å². The van der Waals surface area contributed by atoms with E-state index in [4.69, 9.17) is 16.3 Å². The Labute approximate surface area is 144 Å². The van der Waals surface area contributed by atoms with Crippen molar-refractivity contribution in [1.82, 2.24) is 15.0 Å². The number of benzene rings is 2. The lowest BCUT2D eigenvalue weighted by Gasteiger charge is -2.09. The molecular weight excluding hydrogens is 326 g/mol. The monoisotopic (exact) mass is 341 g/mol. The Morgan fingerprint density at radius 2 is 1.29 bits per heavy atom. The summed E-state index contributed by atoms with van der Waals surface area (Å²) in [5.74, 6) is 1.50. The van der Waals surface area contributed by atoms with Crippen molar-refractivity contribution in [3.05, 3.63) is 59.4 Å². The van der Waals surface area contributed by atoms with Crippen LogP contribution in [0.5, 0.6) is 5.75 Å². The molecule has 0 amide bonds. The van der Waals surface area contributed by atoms with Gasteiger partial charge in [0.2, 0.25) is 17.2 Å². The van der Waals surface area contributed by atoms with Gasteiger partial charge in [-0.3, -0.25) is 0 Å². The number of ether oxygens (including phenoxy) is 1. The number of hydrogen-bond acceptors (Lipinski definition) is 6. The van der Waals surface area contributed by atoms with Crippen LogP contribution in [0.2, 0.25) is 5.28 Å². The molecule has 0 fully saturated rings. The van der Waals surface area contributed by atoms with E-state index in [0.29, 0.717) is 11.9 Å². The van der Waals surface area contributed by atoms with Crippen LogP contribution in [-0.2, 0) is 0 Å². The first-order valence-corrected chi connectivity index (χ1v) is 7.66. The van der Waals surface area contributed by atoms with Crippen LogP contribution in [-0.4, -0.2) is 22.1 Å². The highest BCUT2D eigenvalue weighted by atomic mass is 35.5. The van der Waals surface area contributed by atoms with Crippen molar-refractivity contribution >= 4 is 34.9 Å². The predicted octanol–water partition coefficient (Wildman–Crippen LogP) is 4.33. The lowest BCUT2D eigenvalue weighted by molar-refractivity contribution is 0.415. The second-order valence-corrected chi connectivity index (χ2v) is 5.43. The summed E-state index contributed by atoms with van der Waals surface area (Å²) >= 11 is 5.99. The van der Waals surface area contributed by atoms with E-state index in [1.54, 1.807) is 7.11 Å². The number of rotatable bonds is 5. The zero-order valence-electron chi connectivity index (χ0n) is 13.2. The standard InChI is InChI=1S/C17H16ClN5O/c1-11-3-5-12(6-4-11)19-16-21-15(18)22-17(23-16)20-13-7-9-14(24-2)10-8-13/h3-10H,1-2H3,(H2,19,20,21,22,23). The van der Waals surface area contributed by atoms with E-state index in [1.165, 1.54) is 5.56 Å². The van der Waals surface area contributed by atoms with Crippen LogP contribution >= 0.6 is 11.6 Å². The van der Waals surface area contributed by atoms with Crippen LogP contribution in [0.15, 0.2) is 48.5 Å². The molecule has 0 aliphatic carbocycles. The van der Waals surface area contributed by atoms with Crippen molar-refractivity contribution in [2.45, 2.75) is 6.92 Å². The molecule has 0 atom stereocenters. The number of nitrogens with one attached hydrogen (secondary N) is 2. The molecule has 122 valence electrons. The molecule has 1 aromatic heterocycles. The van der Waals surface area contributed by atoms with Crippen LogP contribution < -0.4 is 15.4 Å². The Bertz CT molecular complexity index is 821. The molecule has 0 aliphatic heterocycles. The maximum Gasteiger partial charge on any atom is 0.233 e. The topological polar surface area (TPSA) is 72.0 Å². The Morgan fingerprint density at radius 3 is 1.79 bits per heavy atom. The second kappa shape index (κ2) is 7.14. The highest BCUT2D eigenvalue weighted by Crippen LogP contribution is 2.20. The summed E-state index contributed by atoms with van der Waals surface area (Å²) in [4.78, 5) is 12.5. The average molecular weight is 342 g/mol. The van der Waals surface area contributed by atoms with E-state index < -0.39 is 0 Å². The van der Waals surface area contributed by atoms with Gasteiger partial charge in [-0.1, -0.05) is 17.7 Å². The van der Waals surface area contributed by atoms with E-state index in [-0.39, 0.29) is 5.28 Å². The normalized spacial score (nSPS) is 10.3. The van der Waals surface area contributed by atoms with Gasteiger partial charge in [0.15, 0.2) is 0 Å². The van der Waals surface area contributed by atoms with E-state index in [9.17, 15) is 0 Å². The fraction of sp³-hybridized carbons (Fsp3) is 0.118. The SMILES string of the molecule is COc1ccc(Nc2nc(Cl)nc(Nc3ccc(C)cc3)n2)cc1. The number of aryl methyl sites for hydroxylation is 1. The van der Waals surface area contributed by atoms with E-state index in [1.807, 2.05) is 55.5 Å². The lowest BCUT2D eigenvalue weighted by atomic mass is 10.2. The molecule has 1 heterocycles. The summed E-state index contributed by atoms with van der Waals surface area (Å²) in [6.07, 6.45) is 0. The van der Waals surface area contributed by atoms with Crippen molar-refractivity contribution in [1.29, 1.82) is 0 Å². The summed E-state index contributed by atoms with van der Waals surface area (Å²) < 4.78 is 5.13. The van der Waals surface area contributed by atoms with Gasteiger partial charge in [0.05, 0.1) is 7.11 Å². The fourth-order valence-electron chi connectivity index (χ4n) is 2.03. The third kappa shape index (κ3) is 4.11. The minimum atomic E-state index is 0.107. The summed E-state index contributed by atoms with van der Waals surface area (Å²) in [6.45, 7) is 2.03. The molecule has 3 rings (SSSR count). The number of halogens is 1. The van der Waals surface area contributed by atoms with Gasteiger partial charge in [-0.25, -0.2) is 0 Å². The van der Waals surface area contributed by atoms with E-state index in [2.05, 4.69) is 25.6 Å². The first kappa shape index (κ1) is 16.0. The molecule has 3 aromatic rings. The summed E-state index contributed by atoms with van der Waals surface area (Å²) in [5, 5.41) is 6.31. The quantitative estimate of drug-likeness (QED) is 0.719. The van der Waals surface area contributed by atoms with Crippen molar-refractivity contribution in [2.24, 2.45) is 0 Å². The van der Waals surface area contributed by atoms with Gasteiger partial charge in [-0.2, -0.15) is 15.0 Å². The molecule has 0 saturated heterocycles. The molecule has 0 radical (unpaired) electrons. The molecule has 2 aromatic carbocycles. The molecular formula is C17H16ClN5O. The number of aromatic nitrogens is 3. The molecule has 2 N–H and O–H groups in total. The van der Waals surface area contributed by atoms with Gasteiger partial charge in [0, 0.05) is 11.4 Å². The third-order valence-electron chi connectivity index (χ3n) is 3.26.